The first kappa shape index (κ1) is 20.9. The van der Waals surface area contributed by atoms with Gasteiger partial charge in [-0.05, 0) is 50.8 Å². The van der Waals surface area contributed by atoms with E-state index < -0.39 is 17.9 Å². The summed E-state index contributed by atoms with van der Waals surface area (Å²) in [5, 5.41) is 0. The molecule has 26 heavy (non-hydrogen) atoms. The van der Waals surface area contributed by atoms with Crippen molar-refractivity contribution in [2.75, 3.05) is 20.3 Å². The number of aryl methyl sites for hydroxylation is 1. The predicted molar refractivity (Wildman–Crippen MR) is 100 cm³/mol. The number of unbranched alkanes of at least 4 members (excludes halogenated alkanes) is 3. The SMILES string of the molecule is CCCCCCc1ccc(OC(=O)[C@H](C)OC)c(C2(C)OCCCO2)c1. The van der Waals surface area contributed by atoms with E-state index in [1.54, 1.807) is 6.92 Å². The van der Waals surface area contributed by atoms with Gasteiger partial charge in [0.25, 0.3) is 0 Å². The topological polar surface area (TPSA) is 54.0 Å². The van der Waals surface area contributed by atoms with Gasteiger partial charge in [-0.25, -0.2) is 4.79 Å². The van der Waals surface area contributed by atoms with Crippen molar-refractivity contribution in [3.05, 3.63) is 29.3 Å². The van der Waals surface area contributed by atoms with Crippen LogP contribution in [0.1, 0.15) is 64.0 Å². The molecular formula is C21H32O5. The third-order valence-electron chi connectivity index (χ3n) is 4.79. The van der Waals surface area contributed by atoms with Crippen LogP contribution in [-0.2, 0) is 31.2 Å². The zero-order valence-electron chi connectivity index (χ0n) is 16.5. The number of ether oxygens (including phenoxy) is 4. The van der Waals surface area contributed by atoms with Crippen LogP contribution in [0.3, 0.4) is 0 Å². The van der Waals surface area contributed by atoms with Gasteiger partial charge in [0, 0.05) is 7.11 Å². The van der Waals surface area contributed by atoms with Gasteiger partial charge in [-0.15, -0.1) is 0 Å². The molecule has 0 aliphatic carbocycles. The highest BCUT2D eigenvalue weighted by Crippen LogP contribution is 2.37. The van der Waals surface area contributed by atoms with Gasteiger partial charge in [0.15, 0.2) is 11.9 Å². The number of carbonyl (C=O) groups excluding carboxylic acids is 1. The Kier molecular flexibility index (Phi) is 8.07. The maximum atomic E-state index is 12.2. The molecule has 0 spiro atoms. The molecule has 1 aromatic carbocycles. The second-order valence-electron chi connectivity index (χ2n) is 6.94. The monoisotopic (exact) mass is 364 g/mol. The molecule has 0 bridgehead atoms. The largest absolute Gasteiger partial charge is 0.424 e. The molecule has 0 amide bonds. The van der Waals surface area contributed by atoms with Gasteiger partial charge in [-0.3, -0.25) is 0 Å². The van der Waals surface area contributed by atoms with Crippen molar-refractivity contribution < 1.29 is 23.7 Å². The summed E-state index contributed by atoms with van der Waals surface area (Å²) in [5.74, 6) is -0.853. The Hall–Kier alpha value is -1.43. The van der Waals surface area contributed by atoms with Crippen LogP contribution in [-0.4, -0.2) is 32.4 Å². The Morgan fingerprint density at radius 2 is 1.96 bits per heavy atom. The van der Waals surface area contributed by atoms with Crippen LogP contribution < -0.4 is 4.74 Å². The first-order valence-corrected chi connectivity index (χ1v) is 9.66. The predicted octanol–water partition coefficient (Wildman–Crippen LogP) is 4.36. The molecule has 1 heterocycles. The fourth-order valence-corrected chi connectivity index (χ4v) is 3.01. The third kappa shape index (κ3) is 5.53. The number of rotatable bonds is 9. The molecule has 0 radical (unpaired) electrons. The summed E-state index contributed by atoms with van der Waals surface area (Å²) in [6, 6.07) is 5.91. The lowest BCUT2D eigenvalue weighted by atomic mass is 9.98. The molecule has 146 valence electrons. The zero-order valence-corrected chi connectivity index (χ0v) is 16.5. The fourth-order valence-electron chi connectivity index (χ4n) is 3.01. The van der Waals surface area contributed by atoms with Crippen LogP contribution in [0.25, 0.3) is 0 Å². The van der Waals surface area contributed by atoms with Crippen molar-refractivity contribution in [1.29, 1.82) is 0 Å². The highest BCUT2D eigenvalue weighted by atomic mass is 16.7. The molecule has 1 fully saturated rings. The molecule has 0 saturated carbocycles. The number of esters is 1. The summed E-state index contributed by atoms with van der Waals surface area (Å²) < 4.78 is 22.5. The number of hydrogen-bond donors (Lipinski definition) is 0. The van der Waals surface area contributed by atoms with Gasteiger partial charge in [-0.1, -0.05) is 32.3 Å². The van der Waals surface area contributed by atoms with E-state index in [-0.39, 0.29) is 0 Å². The number of hydrogen-bond acceptors (Lipinski definition) is 5. The summed E-state index contributed by atoms with van der Waals surface area (Å²) in [4.78, 5) is 12.2. The van der Waals surface area contributed by atoms with Crippen LogP contribution in [0.5, 0.6) is 5.75 Å². The van der Waals surface area contributed by atoms with E-state index in [2.05, 4.69) is 13.0 Å². The van der Waals surface area contributed by atoms with Gasteiger partial charge in [0.05, 0.1) is 18.8 Å². The lowest BCUT2D eigenvalue weighted by molar-refractivity contribution is -0.265. The summed E-state index contributed by atoms with van der Waals surface area (Å²) >= 11 is 0. The lowest BCUT2D eigenvalue weighted by Crippen LogP contribution is -2.36. The molecule has 0 unspecified atom stereocenters. The Labute approximate surface area is 157 Å². The first-order valence-electron chi connectivity index (χ1n) is 9.66. The highest BCUT2D eigenvalue weighted by Gasteiger charge is 2.35. The Bertz CT molecular complexity index is 578. The maximum Gasteiger partial charge on any atom is 0.340 e. The molecule has 1 aliphatic heterocycles. The highest BCUT2D eigenvalue weighted by molar-refractivity contribution is 5.77. The lowest BCUT2D eigenvalue weighted by Gasteiger charge is -2.35. The number of carbonyl (C=O) groups is 1. The van der Waals surface area contributed by atoms with Gasteiger partial charge in [-0.2, -0.15) is 0 Å². The van der Waals surface area contributed by atoms with Gasteiger partial charge in [0.2, 0.25) is 0 Å². The molecule has 1 aliphatic rings. The van der Waals surface area contributed by atoms with E-state index in [9.17, 15) is 4.79 Å². The minimum absolute atomic E-state index is 0.427. The standard InChI is InChI=1S/C21H32O5/c1-5-6-7-8-10-17-11-12-19(26-20(22)16(2)23-4)18(15-17)21(3)24-13-9-14-25-21/h11-12,15-16H,5-10,13-14H2,1-4H3/t16-/m0/s1. The quantitative estimate of drug-likeness (QED) is 0.370. The Morgan fingerprint density at radius 3 is 2.62 bits per heavy atom. The van der Waals surface area contributed by atoms with Gasteiger partial charge >= 0.3 is 5.97 Å². The molecule has 1 aromatic rings. The number of methoxy groups -OCH3 is 1. The summed E-state index contributed by atoms with van der Waals surface area (Å²) in [7, 11) is 1.49. The molecule has 5 nitrogen and oxygen atoms in total. The normalized spacial score (nSPS) is 17.7. The van der Waals surface area contributed by atoms with E-state index in [4.69, 9.17) is 18.9 Å². The third-order valence-corrected chi connectivity index (χ3v) is 4.79. The minimum atomic E-state index is -0.899. The van der Waals surface area contributed by atoms with E-state index in [1.165, 1.54) is 31.9 Å². The van der Waals surface area contributed by atoms with Gasteiger partial charge < -0.3 is 18.9 Å². The van der Waals surface area contributed by atoms with Crippen molar-refractivity contribution in [3.8, 4) is 5.75 Å². The number of benzene rings is 1. The van der Waals surface area contributed by atoms with Crippen molar-refractivity contribution in [1.82, 2.24) is 0 Å². The Morgan fingerprint density at radius 1 is 1.23 bits per heavy atom. The zero-order chi connectivity index (χ0) is 19.0. The minimum Gasteiger partial charge on any atom is -0.424 e. The Balaban J connectivity index is 2.23. The smallest absolute Gasteiger partial charge is 0.340 e. The van der Waals surface area contributed by atoms with Crippen LogP contribution >= 0.6 is 0 Å². The van der Waals surface area contributed by atoms with E-state index in [1.807, 2.05) is 19.1 Å². The molecule has 5 heteroatoms. The van der Waals surface area contributed by atoms with Crippen LogP contribution in [0.15, 0.2) is 18.2 Å². The van der Waals surface area contributed by atoms with Crippen LogP contribution in [0.4, 0.5) is 0 Å². The molecule has 0 aromatic heterocycles. The molecule has 0 N–H and O–H groups in total. The van der Waals surface area contributed by atoms with Crippen molar-refractivity contribution in [3.63, 3.8) is 0 Å². The summed E-state index contributed by atoms with van der Waals surface area (Å²) in [5.41, 5.74) is 1.97. The molecule has 2 rings (SSSR count). The van der Waals surface area contributed by atoms with Crippen molar-refractivity contribution >= 4 is 5.97 Å². The first-order chi connectivity index (χ1) is 12.5. The molecule has 1 saturated heterocycles. The van der Waals surface area contributed by atoms with E-state index >= 15 is 0 Å². The van der Waals surface area contributed by atoms with E-state index in [0.29, 0.717) is 19.0 Å². The second kappa shape index (κ2) is 10.0. The molecular weight excluding hydrogens is 332 g/mol. The van der Waals surface area contributed by atoms with Crippen LogP contribution in [0, 0.1) is 0 Å². The maximum absolute atomic E-state index is 12.2. The average Bonchev–Trinajstić information content (AvgIpc) is 2.66. The molecule has 1 atom stereocenters. The van der Waals surface area contributed by atoms with Gasteiger partial charge in [0.1, 0.15) is 5.75 Å². The fraction of sp³-hybridized carbons (Fsp3) is 0.667. The van der Waals surface area contributed by atoms with Crippen LogP contribution in [0.2, 0.25) is 0 Å². The van der Waals surface area contributed by atoms with Crippen molar-refractivity contribution in [2.45, 2.75) is 71.2 Å². The second-order valence-corrected chi connectivity index (χ2v) is 6.94. The van der Waals surface area contributed by atoms with E-state index in [0.717, 1.165) is 24.8 Å². The van der Waals surface area contributed by atoms with Crippen molar-refractivity contribution in [2.24, 2.45) is 0 Å². The average molecular weight is 364 g/mol. The summed E-state index contributed by atoms with van der Waals surface area (Å²) in [6.45, 7) is 7.01. The summed E-state index contributed by atoms with van der Waals surface area (Å²) in [6.07, 6.45) is 6.06.